The van der Waals surface area contributed by atoms with E-state index in [0.717, 1.165) is 0 Å². The average molecular weight is 291 g/mol. The number of hydrogen-bond donors (Lipinski definition) is 2. The quantitative estimate of drug-likeness (QED) is 0.769. The van der Waals surface area contributed by atoms with Gasteiger partial charge in [0.1, 0.15) is 17.9 Å². The molecule has 1 heterocycles. The Balaban J connectivity index is 1.80. The zero-order chi connectivity index (χ0) is 14.4. The van der Waals surface area contributed by atoms with Crippen molar-refractivity contribution in [1.82, 2.24) is 5.32 Å². The molecule has 4 nitrogen and oxygen atoms in total. The fourth-order valence-corrected chi connectivity index (χ4v) is 2.60. The third-order valence-corrected chi connectivity index (χ3v) is 3.95. The Bertz CT molecular complexity index is 554. The maximum absolute atomic E-state index is 11.0. The normalized spacial score (nSPS) is 12.1. The van der Waals surface area contributed by atoms with Crippen molar-refractivity contribution in [2.75, 3.05) is 13.2 Å². The molecule has 0 bridgehead atoms. The molecule has 2 rings (SSSR count). The lowest BCUT2D eigenvalue weighted by molar-refractivity contribution is 0.0692. The summed E-state index contributed by atoms with van der Waals surface area (Å²) in [6.45, 7) is 3.18. The number of hydrogen-bond acceptors (Lipinski definition) is 4. The minimum Gasteiger partial charge on any atom is -0.491 e. The van der Waals surface area contributed by atoms with E-state index in [2.05, 4.69) is 18.3 Å². The molecule has 2 aromatic rings. The lowest BCUT2D eigenvalue weighted by Gasteiger charge is -2.13. The highest BCUT2D eigenvalue weighted by atomic mass is 32.1. The van der Waals surface area contributed by atoms with Gasteiger partial charge < -0.3 is 15.2 Å². The number of para-hydroxylation sites is 1. The van der Waals surface area contributed by atoms with Crippen LogP contribution in [0, 0.1) is 0 Å². The van der Waals surface area contributed by atoms with Gasteiger partial charge in [0.25, 0.3) is 0 Å². The molecule has 0 amide bonds. The smallest absolute Gasteiger partial charge is 0.339 e. The van der Waals surface area contributed by atoms with Gasteiger partial charge in [0, 0.05) is 17.5 Å². The van der Waals surface area contributed by atoms with Crippen LogP contribution in [0.15, 0.2) is 41.8 Å². The Hall–Kier alpha value is -1.85. The molecule has 0 aliphatic carbocycles. The highest BCUT2D eigenvalue weighted by Gasteiger charge is 2.10. The van der Waals surface area contributed by atoms with Crippen molar-refractivity contribution < 1.29 is 14.6 Å². The molecule has 0 aliphatic heterocycles. The predicted molar refractivity (Wildman–Crippen MR) is 79.6 cm³/mol. The van der Waals surface area contributed by atoms with E-state index in [0.29, 0.717) is 18.9 Å². The molecule has 0 saturated carbocycles. The van der Waals surface area contributed by atoms with Crippen molar-refractivity contribution >= 4 is 17.3 Å². The summed E-state index contributed by atoms with van der Waals surface area (Å²) in [4.78, 5) is 12.3. The Kier molecular flexibility index (Phi) is 5.15. The molecule has 1 atom stereocenters. The zero-order valence-electron chi connectivity index (χ0n) is 11.2. The molecular formula is C15H17NO3S. The predicted octanol–water partition coefficient (Wildman–Crippen LogP) is 3.18. The second-order valence-electron chi connectivity index (χ2n) is 4.34. The van der Waals surface area contributed by atoms with Gasteiger partial charge in [-0.3, -0.25) is 0 Å². The number of carboxylic acid groups (broad SMARTS) is 1. The Morgan fingerprint density at radius 2 is 2.15 bits per heavy atom. The summed E-state index contributed by atoms with van der Waals surface area (Å²) in [6.07, 6.45) is 0. The molecule has 0 fully saturated rings. The fourth-order valence-electron chi connectivity index (χ4n) is 1.84. The van der Waals surface area contributed by atoms with E-state index < -0.39 is 5.97 Å². The maximum Gasteiger partial charge on any atom is 0.339 e. The van der Waals surface area contributed by atoms with Crippen LogP contribution in [0.4, 0.5) is 0 Å². The largest absolute Gasteiger partial charge is 0.491 e. The minimum atomic E-state index is -0.972. The first-order valence-corrected chi connectivity index (χ1v) is 7.28. The van der Waals surface area contributed by atoms with Crippen LogP contribution in [0.5, 0.6) is 5.75 Å². The van der Waals surface area contributed by atoms with Gasteiger partial charge in [0.15, 0.2) is 0 Å². The SMILES string of the molecule is CC(NCCOc1ccccc1C(=O)O)c1cccs1. The lowest BCUT2D eigenvalue weighted by atomic mass is 10.2. The summed E-state index contributed by atoms with van der Waals surface area (Å²) >= 11 is 1.71. The van der Waals surface area contributed by atoms with Gasteiger partial charge in [-0.2, -0.15) is 0 Å². The van der Waals surface area contributed by atoms with Crippen LogP contribution >= 0.6 is 11.3 Å². The summed E-state index contributed by atoms with van der Waals surface area (Å²) in [7, 11) is 0. The number of rotatable bonds is 7. The second kappa shape index (κ2) is 7.07. The van der Waals surface area contributed by atoms with Crippen LogP contribution < -0.4 is 10.1 Å². The van der Waals surface area contributed by atoms with Gasteiger partial charge >= 0.3 is 5.97 Å². The average Bonchev–Trinajstić information content (AvgIpc) is 2.98. The van der Waals surface area contributed by atoms with Crippen LogP contribution in [-0.2, 0) is 0 Å². The fraction of sp³-hybridized carbons (Fsp3) is 0.267. The van der Waals surface area contributed by atoms with Gasteiger partial charge in [-0.25, -0.2) is 4.79 Å². The highest BCUT2D eigenvalue weighted by molar-refractivity contribution is 7.10. The summed E-state index contributed by atoms with van der Waals surface area (Å²) < 4.78 is 5.53. The Morgan fingerprint density at radius 3 is 2.85 bits per heavy atom. The molecule has 1 aromatic carbocycles. The molecule has 0 saturated heterocycles. The zero-order valence-corrected chi connectivity index (χ0v) is 12.0. The Labute approximate surface area is 122 Å². The van der Waals surface area contributed by atoms with E-state index in [1.807, 2.05) is 11.4 Å². The van der Waals surface area contributed by atoms with Gasteiger partial charge in [-0.05, 0) is 30.5 Å². The van der Waals surface area contributed by atoms with E-state index in [9.17, 15) is 4.79 Å². The molecule has 5 heteroatoms. The van der Waals surface area contributed by atoms with Crippen LogP contribution in [-0.4, -0.2) is 24.2 Å². The van der Waals surface area contributed by atoms with Crippen molar-refractivity contribution in [3.63, 3.8) is 0 Å². The number of carbonyl (C=O) groups is 1. The summed E-state index contributed by atoms with van der Waals surface area (Å²) in [5, 5.41) is 14.4. The van der Waals surface area contributed by atoms with E-state index in [1.165, 1.54) is 4.88 Å². The molecule has 1 aromatic heterocycles. The summed E-state index contributed by atoms with van der Waals surface area (Å²) in [5.74, 6) is -0.564. The van der Waals surface area contributed by atoms with E-state index in [-0.39, 0.29) is 11.6 Å². The van der Waals surface area contributed by atoms with Crippen molar-refractivity contribution in [2.24, 2.45) is 0 Å². The van der Waals surface area contributed by atoms with Crippen LogP contribution in [0.25, 0.3) is 0 Å². The second-order valence-corrected chi connectivity index (χ2v) is 5.32. The summed E-state index contributed by atoms with van der Waals surface area (Å²) in [6, 6.07) is 11.1. The number of benzene rings is 1. The first kappa shape index (κ1) is 14.6. The van der Waals surface area contributed by atoms with E-state index in [4.69, 9.17) is 9.84 Å². The highest BCUT2D eigenvalue weighted by Crippen LogP contribution is 2.19. The van der Waals surface area contributed by atoms with E-state index in [1.54, 1.807) is 35.6 Å². The van der Waals surface area contributed by atoms with Crippen molar-refractivity contribution in [3.05, 3.63) is 52.2 Å². The first-order valence-electron chi connectivity index (χ1n) is 6.40. The van der Waals surface area contributed by atoms with Crippen molar-refractivity contribution in [1.29, 1.82) is 0 Å². The maximum atomic E-state index is 11.0. The third kappa shape index (κ3) is 3.82. The summed E-state index contributed by atoms with van der Waals surface area (Å²) in [5.41, 5.74) is 0.193. The van der Waals surface area contributed by atoms with Crippen LogP contribution in [0.3, 0.4) is 0 Å². The molecular weight excluding hydrogens is 274 g/mol. The minimum absolute atomic E-state index is 0.193. The molecule has 0 aliphatic rings. The first-order chi connectivity index (χ1) is 9.68. The van der Waals surface area contributed by atoms with Crippen molar-refractivity contribution in [3.8, 4) is 5.75 Å². The molecule has 0 spiro atoms. The van der Waals surface area contributed by atoms with Crippen molar-refractivity contribution in [2.45, 2.75) is 13.0 Å². The molecule has 2 N–H and O–H groups in total. The number of aromatic carboxylic acids is 1. The van der Waals surface area contributed by atoms with Gasteiger partial charge in [-0.1, -0.05) is 18.2 Å². The number of nitrogens with one attached hydrogen (secondary N) is 1. The topological polar surface area (TPSA) is 58.6 Å². The number of carboxylic acids is 1. The Morgan fingerprint density at radius 1 is 1.35 bits per heavy atom. The lowest BCUT2D eigenvalue weighted by Crippen LogP contribution is -2.24. The third-order valence-electron chi connectivity index (χ3n) is 2.90. The number of thiophene rings is 1. The molecule has 0 radical (unpaired) electrons. The monoisotopic (exact) mass is 291 g/mol. The molecule has 20 heavy (non-hydrogen) atoms. The van der Waals surface area contributed by atoms with Crippen LogP contribution in [0.1, 0.15) is 28.2 Å². The molecule has 106 valence electrons. The van der Waals surface area contributed by atoms with E-state index >= 15 is 0 Å². The van der Waals surface area contributed by atoms with Crippen LogP contribution in [0.2, 0.25) is 0 Å². The van der Waals surface area contributed by atoms with Gasteiger partial charge in [0.05, 0.1) is 0 Å². The number of ether oxygens (including phenoxy) is 1. The van der Waals surface area contributed by atoms with Gasteiger partial charge in [-0.15, -0.1) is 11.3 Å². The molecule has 1 unspecified atom stereocenters. The standard InChI is InChI=1S/C15H17NO3S/c1-11(14-7-4-10-20-14)16-8-9-19-13-6-3-2-5-12(13)15(17)18/h2-7,10-11,16H,8-9H2,1H3,(H,17,18). The van der Waals surface area contributed by atoms with Gasteiger partial charge in [0.2, 0.25) is 0 Å².